The van der Waals surface area contributed by atoms with Gasteiger partial charge in [-0.05, 0) is 43.9 Å². The Morgan fingerprint density at radius 1 is 1.32 bits per heavy atom. The van der Waals surface area contributed by atoms with E-state index < -0.39 is 0 Å². The number of pyridine rings is 1. The third-order valence-corrected chi connectivity index (χ3v) is 4.80. The first-order valence-corrected chi connectivity index (χ1v) is 7.92. The van der Waals surface area contributed by atoms with Crippen molar-refractivity contribution in [2.75, 3.05) is 12.8 Å². The van der Waals surface area contributed by atoms with Crippen LogP contribution >= 0.6 is 23.4 Å². The number of fused-ring (bicyclic) bond motifs is 1. The Labute approximate surface area is 123 Å². The Morgan fingerprint density at radius 3 is 2.84 bits per heavy atom. The summed E-state index contributed by atoms with van der Waals surface area (Å²) in [7, 11) is 0. The predicted octanol–water partition coefficient (Wildman–Crippen LogP) is 4.12. The highest BCUT2D eigenvalue weighted by atomic mass is 35.5. The Balaban J connectivity index is 2.16. The van der Waals surface area contributed by atoms with Gasteiger partial charge in [-0.1, -0.05) is 17.7 Å². The lowest BCUT2D eigenvalue weighted by Crippen LogP contribution is -2.31. The van der Waals surface area contributed by atoms with Gasteiger partial charge in [0.15, 0.2) is 0 Å². The molecule has 0 aliphatic rings. The van der Waals surface area contributed by atoms with Crippen molar-refractivity contribution in [1.82, 2.24) is 10.3 Å². The van der Waals surface area contributed by atoms with Crippen LogP contribution in [0.1, 0.15) is 19.4 Å². The summed E-state index contributed by atoms with van der Waals surface area (Å²) in [6.45, 7) is 6.26. The SMILES string of the molecule is CSC(C)(C)CNCc1ccc(Cl)c2cccnc12. The molecule has 0 unspecified atom stereocenters. The van der Waals surface area contributed by atoms with E-state index in [0.717, 1.165) is 29.0 Å². The molecule has 1 N–H and O–H groups in total. The molecule has 102 valence electrons. The Kier molecular flexibility index (Phi) is 4.71. The van der Waals surface area contributed by atoms with Crippen LogP contribution in [-0.4, -0.2) is 22.5 Å². The number of nitrogens with zero attached hydrogens (tertiary/aromatic N) is 1. The van der Waals surface area contributed by atoms with Crippen LogP contribution in [0, 0.1) is 0 Å². The molecule has 19 heavy (non-hydrogen) atoms. The summed E-state index contributed by atoms with van der Waals surface area (Å²) in [5, 5.41) is 5.28. The van der Waals surface area contributed by atoms with Crippen LogP contribution in [0.3, 0.4) is 0 Å². The van der Waals surface area contributed by atoms with Gasteiger partial charge in [0.1, 0.15) is 0 Å². The van der Waals surface area contributed by atoms with Gasteiger partial charge in [-0.25, -0.2) is 0 Å². The topological polar surface area (TPSA) is 24.9 Å². The van der Waals surface area contributed by atoms with Gasteiger partial charge < -0.3 is 5.32 Å². The van der Waals surface area contributed by atoms with Crippen molar-refractivity contribution in [2.24, 2.45) is 0 Å². The van der Waals surface area contributed by atoms with E-state index in [-0.39, 0.29) is 4.75 Å². The molecule has 0 aliphatic carbocycles. The second kappa shape index (κ2) is 6.12. The molecule has 0 radical (unpaired) electrons. The minimum atomic E-state index is 0.246. The third-order valence-electron chi connectivity index (χ3n) is 3.22. The first kappa shape index (κ1) is 14.6. The molecule has 0 aliphatic heterocycles. The molecule has 1 aromatic heterocycles. The van der Waals surface area contributed by atoms with Crippen LogP contribution < -0.4 is 5.32 Å². The van der Waals surface area contributed by atoms with E-state index in [1.807, 2.05) is 36.2 Å². The number of benzene rings is 1. The highest BCUT2D eigenvalue weighted by molar-refractivity contribution is 7.99. The van der Waals surface area contributed by atoms with Crippen LogP contribution in [0.15, 0.2) is 30.5 Å². The Morgan fingerprint density at radius 2 is 2.11 bits per heavy atom. The summed E-state index contributed by atoms with van der Waals surface area (Å²) in [6.07, 6.45) is 3.95. The molecule has 4 heteroatoms. The van der Waals surface area contributed by atoms with Gasteiger partial charge >= 0.3 is 0 Å². The average Bonchev–Trinajstić information content (AvgIpc) is 2.42. The third kappa shape index (κ3) is 3.62. The molecule has 0 fully saturated rings. The van der Waals surface area contributed by atoms with Crippen molar-refractivity contribution >= 4 is 34.3 Å². The molecule has 0 spiro atoms. The molecule has 2 aromatic rings. The quantitative estimate of drug-likeness (QED) is 0.898. The molecule has 0 saturated heterocycles. The lowest BCUT2D eigenvalue weighted by Gasteiger charge is -2.22. The highest BCUT2D eigenvalue weighted by Gasteiger charge is 2.15. The molecule has 2 nitrogen and oxygen atoms in total. The number of rotatable bonds is 5. The standard InChI is InChI=1S/C15H19ClN2S/c1-15(2,19-3)10-17-9-11-6-7-13(16)12-5-4-8-18-14(11)12/h4-8,17H,9-10H2,1-3H3. The molecule has 0 atom stereocenters. The van der Waals surface area contributed by atoms with Crippen molar-refractivity contribution in [3.05, 3.63) is 41.0 Å². The van der Waals surface area contributed by atoms with Crippen LogP contribution in [-0.2, 0) is 6.54 Å². The highest BCUT2D eigenvalue weighted by Crippen LogP contribution is 2.25. The van der Waals surface area contributed by atoms with Gasteiger partial charge in [-0.3, -0.25) is 4.98 Å². The zero-order valence-corrected chi connectivity index (χ0v) is 13.1. The van der Waals surface area contributed by atoms with Gasteiger partial charge in [0.25, 0.3) is 0 Å². The van der Waals surface area contributed by atoms with E-state index in [2.05, 4.69) is 36.5 Å². The number of nitrogens with one attached hydrogen (secondary N) is 1. The molecule has 1 aromatic carbocycles. The molecule has 1 heterocycles. The molecule has 0 bridgehead atoms. The summed E-state index contributed by atoms with van der Waals surface area (Å²) in [5.74, 6) is 0. The monoisotopic (exact) mass is 294 g/mol. The largest absolute Gasteiger partial charge is 0.311 e. The molecule has 0 amide bonds. The number of thioether (sulfide) groups is 1. The summed E-state index contributed by atoms with van der Waals surface area (Å²) >= 11 is 8.06. The fraction of sp³-hybridized carbons (Fsp3) is 0.400. The summed E-state index contributed by atoms with van der Waals surface area (Å²) in [6, 6.07) is 7.93. The van der Waals surface area contributed by atoms with Gasteiger partial charge in [0, 0.05) is 34.4 Å². The summed E-state index contributed by atoms with van der Waals surface area (Å²) in [5.41, 5.74) is 2.18. The second-order valence-electron chi connectivity index (χ2n) is 5.17. The smallest absolute Gasteiger partial charge is 0.0761 e. The van der Waals surface area contributed by atoms with Gasteiger partial charge in [-0.2, -0.15) is 11.8 Å². The number of hydrogen-bond acceptors (Lipinski definition) is 3. The Hall–Kier alpha value is -0.770. The van der Waals surface area contributed by atoms with E-state index in [0.29, 0.717) is 0 Å². The van der Waals surface area contributed by atoms with E-state index in [4.69, 9.17) is 11.6 Å². The van der Waals surface area contributed by atoms with Crippen molar-refractivity contribution in [2.45, 2.75) is 25.1 Å². The van der Waals surface area contributed by atoms with Crippen LogP contribution in [0.5, 0.6) is 0 Å². The van der Waals surface area contributed by atoms with E-state index in [1.54, 1.807) is 0 Å². The average molecular weight is 295 g/mol. The van der Waals surface area contributed by atoms with Crippen molar-refractivity contribution < 1.29 is 0 Å². The Bertz CT molecular complexity index is 569. The van der Waals surface area contributed by atoms with Gasteiger partial charge in [-0.15, -0.1) is 0 Å². The molecular formula is C15H19ClN2S. The zero-order valence-electron chi connectivity index (χ0n) is 11.5. The fourth-order valence-electron chi connectivity index (χ4n) is 1.91. The predicted molar refractivity (Wildman–Crippen MR) is 86.1 cm³/mol. The van der Waals surface area contributed by atoms with Crippen LogP contribution in [0.4, 0.5) is 0 Å². The second-order valence-corrected chi connectivity index (χ2v) is 7.09. The lowest BCUT2D eigenvalue weighted by atomic mass is 10.1. The van der Waals surface area contributed by atoms with E-state index in [1.165, 1.54) is 5.56 Å². The molecule has 2 rings (SSSR count). The molecular weight excluding hydrogens is 276 g/mol. The number of aromatic nitrogens is 1. The van der Waals surface area contributed by atoms with E-state index >= 15 is 0 Å². The summed E-state index contributed by atoms with van der Waals surface area (Å²) in [4.78, 5) is 4.45. The minimum Gasteiger partial charge on any atom is -0.311 e. The van der Waals surface area contributed by atoms with Gasteiger partial charge in [0.05, 0.1) is 5.52 Å². The van der Waals surface area contributed by atoms with Crippen molar-refractivity contribution in [3.63, 3.8) is 0 Å². The lowest BCUT2D eigenvalue weighted by molar-refractivity contribution is 0.592. The normalized spacial score (nSPS) is 12.0. The molecule has 0 saturated carbocycles. The maximum atomic E-state index is 6.19. The van der Waals surface area contributed by atoms with E-state index in [9.17, 15) is 0 Å². The van der Waals surface area contributed by atoms with Crippen molar-refractivity contribution in [3.8, 4) is 0 Å². The number of halogens is 1. The maximum absolute atomic E-state index is 6.19. The summed E-state index contributed by atoms with van der Waals surface area (Å²) < 4.78 is 0.246. The van der Waals surface area contributed by atoms with Gasteiger partial charge in [0.2, 0.25) is 0 Å². The van der Waals surface area contributed by atoms with Crippen molar-refractivity contribution in [1.29, 1.82) is 0 Å². The number of hydrogen-bond donors (Lipinski definition) is 1. The minimum absolute atomic E-state index is 0.246. The first-order chi connectivity index (χ1) is 9.03. The fourth-order valence-corrected chi connectivity index (χ4v) is 2.37. The zero-order chi connectivity index (χ0) is 13.9. The maximum Gasteiger partial charge on any atom is 0.0761 e. The first-order valence-electron chi connectivity index (χ1n) is 6.31. The van der Waals surface area contributed by atoms with Crippen LogP contribution in [0.2, 0.25) is 5.02 Å². The van der Waals surface area contributed by atoms with Crippen LogP contribution in [0.25, 0.3) is 10.9 Å².